The molecule has 0 unspecified atom stereocenters. The molecule has 0 saturated carbocycles. The van der Waals surface area contributed by atoms with Gasteiger partial charge in [0.25, 0.3) is 0 Å². The Bertz CT molecular complexity index is 601. The van der Waals surface area contributed by atoms with Crippen LogP contribution in [0.1, 0.15) is 31.5 Å². The summed E-state index contributed by atoms with van der Waals surface area (Å²) < 4.78 is 38.7. The van der Waals surface area contributed by atoms with Crippen LogP contribution in [0.15, 0.2) is 18.3 Å². The standard InChI is InChI=1S/C17H24F3N3O/c1-16(2,14-9-13(5-7-21-14)17(18,19)20)15(24)23(4)11-12-6-8-22(3)10-12/h5,7,9,12H,6,8,10-11H2,1-4H3/t12-/m0/s1. The number of likely N-dealkylation sites (N-methyl/N-ethyl adjacent to an activating group) is 1. The number of rotatable bonds is 4. The van der Waals surface area contributed by atoms with E-state index in [4.69, 9.17) is 0 Å². The number of carbonyl (C=O) groups is 1. The quantitative estimate of drug-likeness (QED) is 0.843. The molecule has 0 bridgehead atoms. The monoisotopic (exact) mass is 343 g/mol. The van der Waals surface area contributed by atoms with E-state index in [9.17, 15) is 18.0 Å². The molecule has 4 nitrogen and oxygen atoms in total. The van der Waals surface area contributed by atoms with Crippen LogP contribution in [-0.4, -0.2) is 54.4 Å². The second-order valence-electron chi connectivity index (χ2n) is 7.16. The normalized spacial score (nSPS) is 19.5. The summed E-state index contributed by atoms with van der Waals surface area (Å²) >= 11 is 0. The molecule has 2 heterocycles. The first-order valence-electron chi connectivity index (χ1n) is 7.99. The second kappa shape index (κ2) is 6.70. The molecule has 1 saturated heterocycles. The minimum absolute atomic E-state index is 0.137. The van der Waals surface area contributed by atoms with Gasteiger partial charge in [0.05, 0.1) is 16.7 Å². The van der Waals surface area contributed by atoms with Crippen molar-refractivity contribution in [1.29, 1.82) is 0 Å². The SMILES string of the molecule is CN1CC[C@H](CN(C)C(=O)C(C)(C)c2cc(C(F)(F)F)ccn2)C1. The van der Waals surface area contributed by atoms with Gasteiger partial charge >= 0.3 is 6.18 Å². The van der Waals surface area contributed by atoms with Crippen molar-refractivity contribution < 1.29 is 18.0 Å². The fourth-order valence-corrected chi connectivity index (χ4v) is 3.18. The summed E-state index contributed by atoms with van der Waals surface area (Å²) in [6, 6.07) is 1.89. The van der Waals surface area contributed by atoms with Crippen molar-refractivity contribution in [1.82, 2.24) is 14.8 Å². The van der Waals surface area contributed by atoms with Gasteiger partial charge in [-0.1, -0.05) is 0 Å². The minimum Gasteiger partial charge on any atom is -0.345 e. The lowest BCUT2D eigenvalue weighted by atomic mass is 9.86. The highest BCUT2D eigenvalue weighted by atomic mass is 19.4. The summed E-state index contributed by atoms with van der Waals surface area (Å²) in [6.07, 6.45) is -2.31. The van der Waals surface area contributed by atoms with Gasteiger partial charge in [0.15, 0.2) is 0 Å². The number of pyridine rings is 1. The molecule has 2 rings (SSSR count). The number of alkyl halides is 3. The highest BCUT2D eigenvalue weighted by Gasteiger charge is 2.38. The van der Waals surface area contributed by atoms with Gasteiger partial charge in [-0.2, -0.15) is 13.2 Å². The van der Waals surface area contributed by atoms with Crippen LogP contribution in [0.25, 0.3) is 0 Å². The van der Waals surface area contributed by atoms with Gasteiger partial charge in [-0.15, -0.1) is 0 Å². The third-order valence-corrected chi connectivity index (χ3v) is 4.63. The molecule has 24 heavy (non-hydrogen) atoms. The van der Waals surface area contributed by atoms with E-state index in [0.717, 1.165) is 37.8 Å². The zero-order valence-corrected chi connectivity index (χ0v) is 14.5. The van der Waals surface area contributed by atoms with Crippen LogP contribution in [0.5, 0.6) is 0 Å². The lowest BCUT2D eigenvalue weighted by Gasteiger charge is -2.31. The molecule has 0 aromatic carbocycles. The molecule has 1 aromatic rings. The molecule has 1 fully saturated rings. The van der Waals surface area contributed by atoms with Crippen LogP contribution >= 0.6 is 0 Å². The van der Waals surface area contributed by atoms with E-state index in [0.29, 0.717) is 12.5 Å². The molecule has 0 radical (unpaired) electrons. The third-order valence-electron chi connectivity index (χ3n) is 4.63. The summed E-state index contributed by atoms with van der Waals surface area (Å²) in [5.74, 6) is 0.179. The topological polar surface area (TPSA) is 36.4 Å². The summed E-state index contributed by atoms with van der Waals surface area (Å²) in [5.41, 5.74) is -1.76. The van der Waals surface area contributed by atoms with Gasteiger partial charge in [-0.25, -0.2) is 0 Å². The van der Waals surface area contributed by atoms with E-state index in [2.05, 4.69) is 9.88 Å². The molecule has 1 atom stereocenters. The third kappa shape index (κ3) is 4.06. The van der Waals surface area contributed by atoms with Crippen LogP contribution < -0.4 is 0 Å². The van der Waals surface area contributed by atoms with Gasteiger partial charge in [-0.3, -0.25) is 9.78 Å². The van der Waals surface area contributed by atoms with Gasteiger partial charge in [-0.05, 0) is 51.9 Å². The number of amides is 1. The lowest BCUT2D eigenvalue weighted by molar-refractivity contribution is -0.139. The maximum absolute atomic E-state index is 12.9. The van der Waals surface area contributed by atoms with Crippen molar-refractivity contribution in [3.63, 3.8) is 0 Å². The zero-order valence-electron chi connectivity index (χ0n) is 14.5. The summed E-state index contributed by atoms with van der Waals surface area (Å²) in [7, 11) is 3.74. The van der Waals surface area contributed by atoms with Crippen molar-refractivity contribution in [2.75, 3.05) is 33.7 Å². The van der Waals surface area contributed by atoms with Gasteiger partial charge in [0, 0.05) is 26.3 Å². The molecular formula is C17H24F3N3O. The molecular weight excluding hydrogens is 319 g/mol. The van der Waals surface area contributed by atoms with E-state index in [1.54, 1.807) is 25.8 Å². The average molecular weight is 343 g/mol. The smallest absolute Gasteiger partial charge is 0.345 e. The number of aromatic nitrogens is 1. The van der Waals surface area contributed by atoms with Crippen molar-refractivity contribution in [2.24, 2.45) is 5.92 Å². The number of carbonyl (C=O) groups excluding carboxylic acids is 1. The first-order chi connectivity index (χ1) is 11.0. The summed E-state index contributed by atoms with van der Waals surface area (Å²) in [6.45, 7) is 5.78. The van der Waals surface area contributed by atoms with E-state index >= 15 is 0 Å². The summed E-state index contributed by atoms with van der Waals surface area (Å²) in [5, 5.41) is 0. The number of halogens is 3. The molecule has 1 amide bonds. The molecule has 7 heteroatoms. The number of hydrogen-bond acceptors (Lipinski definition) is 3. The van der Waals surface area contributed by atoms with Crippen molar-refractivity contribution in [2.45, 2.75) is 31.9 Å². The predicted octanol–water partition coefficient (Wildman–Crippen LogP) is 2.79. The first kappa shape index (κ1) is 18.7. The van der Waals surface area contributed by atoms with Crippen LogP contribution in [0, 0.1) is 5.92 Å². The number of hydrogen-bond donors (Lipinski definition) is 0. The molecule has 0 spiro atoms. The number of nitrogens with zero attached hydrogens (tertiary/aromatic N) is 3. The molecule has 1 aliphatic rings. The van der Waals surface area contributed by atoms with E-state index < -0.39 is 17.2 Å². The molecule has 1 aromatic heterocycles. The number of likely N-dealkylation sites (tertiary alicyclic amines) is 1. The van der Waals surface area contributed by atoms with E-state index in [1.165, 1.54) is 0 Å². The average Bonchev–Trinajstić information content (AvgIpc) is 2.90. The van der Waals surface area contributed by atoms with Crippen molar-refractivity contribution in [3.8, 4) is 0 Å². The van der Waals surface area contributed by atoms with Gasteiger partial charge in [0.2, 0.25) is 5.91 Å². The molecule has 1 aliphatic heterocycles. The largest absolute Gasteiger partial charge is 0.416 e. The predicted molar refractivity (Wildman–Crippen MR) is 85.5 cm³/mol. The summed E-state index contributed by atoms with van der Waals surface area (Å²) in [4.78, 5) is 20.6. The first-order valence-corrected chi connectivity index (χ1v) is 7.99. The van der Waals surface area contributed by atoms with E-state index in [-0.39, 0.29) is 11.6 Å². The molecule has 0 N–H and O–H groups in total. The second-order valence-corrected chi connectivity index (χ2v) is 7.16. The van der Waals surface area contributed by atoms with Crippen molar-refractivity contribution in [3.05, 3.63) is 29.6 Å². The van der Waals surface area contributed by atoms with Crippen LogP contribution in [-0.2, 0) is 16.4 Å². The molecule has 0 aliphatic carbocycles. The van der Waals surface area contributed by atoms with Gasteiger partial charge in [0.1, 0.15) is 0 Å². The Hall–Kier alpha value is -1.63. The maximum Gasteiger partial charge on any atom is 0.416 e. The maximum atomic E-state index is 12.9. The molecule has 134 valence electrons. The Morgan fingerprint density at radius 2 is 2.08 bits per heavy atom. The Morgan fingerprint density at radius 3 is 2.62 bits per heavy atom. The lowest BCUT2D eigenvalue weighted by Crippen LogP contribution is -2.44. The fourth-order valence-electron chi connectivity index (χ4n) is 3.18. The van der Waals surface area contributed by atoms with Crippen LogP contribution in [0.4, 0.5) is 13.2 Å². The highest BCUT2D eigenvalue weighted by molar-refractivity contribution is 5.86. The minimum atomic E-state index is -4.45. The van der Waals surface area contributed by atoms with Crippen molar-refractivity contribution >= 4 is 5.91 Å². The highest BCUT2D eigenvalue weighted by Crippen LogP contribution is 2.32. The Morgan fingerprint density at radius 1 is 1.42 bits per heavy atom. The van der Waals surface area contributed by atoms with Gasteiger partial charge < -0.3 is 9.80 Å². The Kier molecular flexibility index (Phi) is 5.22. The Balaban J connectivity index is 2.15. The fraction of sp³-hybridized carbons (Fsp3) is 0.647. The van der Waals surface area contributed by atoms with Crippen LogP contribution in [0.2, 0.25) is 0 Å². The van der Waals surface area contributed by atoms with Crippen LogP contribution in [0.3, 0.4) is 0 Å². The Labute approximate surface area is 140 Å². The zero-order chi connectivity index (χ0) is 18.1. The van der Waals surface area contributed by atoms with E-state index in [1.807, 2.05) is 7.05 Å².